The molecule has 0 N–H and O–H groups in total. The number of piperazine rings is 1. The Morgan fingerprint density at radius 1 is 1.21 bits per heavy atom. The molecule has 2 aliphatic rings. The van der Waals surface area contributed by atoms with Crippen LogP contribution in [0.5, 0.6) is 0 Å². The van der Waals surface area contributed by atoms with Gasteiger partial charge in [-0.3, -0.25) is 9.80 Å². The third-order valence-corrected chi connectivity index (χ3v) is 4.99. The van der Waals surface area contributed by atoms with E-state index >= 15 is 0 Å². The Hall–Kier alpha value is -0.120. The predicted octanol–water partition coefficient (Wildman–Crippen LogP) is 2.61. The highest BCUT2D eigenvalue weighted by Crippen LogP contribution is 2.28. The fourth-order valence-electron chi connectivity index (χ4n) is 3.64. The number of rotatable bonds is 4. The molecule has 0 amide bonds. The molecule has 0 aromatic rings. The van der Waals surface area contributed by atoms with Gasteiger partial charge in [-0.05, 0) is 39.2 Å². The lowest BCUT2D eigenvalue weighted by Crippen LogP contribution is -2.63. The summed E-state index contributed by atoms with van der Waals surface area (Å²) in [5.41, 5.74) is -0.0377. The van der Waals surface area contributed by atoms with Gasteiger partial charge in [0.15, 0.2) is 0 Å². The molecule has 0 aliphatic carbocycles. The summed E-state index contributed by atoms with van der Waals surface area (Å²) in [4.78, 5) is 5.44. The van der Waals surface area contributed by atoms with Gasteiger partial charge in [-0.15, -0.1) is 0 Å². The molecule has 0 aromatic heterocycles. The van der Waals surface area contributed by atoms with Gasteiger partial charge in [0.25, 0.3) is 0 Å². The van der Waals surface area contributed by atoms with E-state index in [1.54, 1.807) is 0 Å². The van der Waals surface area contributed by atoms with Gasteiger partial charge in [-0.25, -0.2) is 0 Å². The average Bonchev–Trinajstić information content (AvgIpc) is 2.37. The lowest BCUT2D eigenvalue weighted by atomic mass is 9.91. The summed E-state index contributed by atoms with van der Waals surface area (Å²) in [6.45, 7) is 14.0. The molecule has 2 heterocycles. The lowest BCUT2D eigenvalue weighted by molar-refractivity contribution is -0.0636. The van der Waals surface area contributed by atoms with Gasteiger partial charge in [0, 0.05) is 38.8 Å². The monoisotopic (exact) mass is 268 g/mol. The van der Waals surface area contributed by atoms with Gasteiger partial charge in [-0.1, -0.05) is 20.3 Å². The molecule has 0 spiro atoms. The van der Waals surface area contributed by atoms with Crippen LogP contribution in [-0.4, -0.2) is 60.8 Å². The second kappa shape index (κ2) is 6.11. The minimum atomic E-state index is -0.0377. The fraction of sp³-hybridized carbons (Fsp3) is 1.00. The Bertz CT molecular complexity index is 290. The summed E-state index contributed by atoms with van der Waals surface area (Å²) >= 11 is 0. The van der Waals surface area contributed by atoms with Crippen LogP contribution in [0.3, 0.4) is 0 Å². The van der Waals surface area contributed by atoms with E-state index in [2.05, 4.69) is 37.5 Å². The summed E-state index contributed by atoms with van der Waals surface area (Å²) in [7, 11) is 1.83. The van der Waals surface area contributed by atoms with Crippen molar-refractivity contribution in [3.8, 4) is 0 Å². The first kappa shape index (κ1) is 15.3. The lowest BCUT2D eigenvalue weighted by Gasteiger charge is -2.51. The zero-order chi connectivity index (χ0) is 14.0. The van der Waals surface area contributed by atoms with Crippen LogP contribution in [0.2, 0.25) is 0 Å². The maximum Gasteiger partial charge on any atom is 0.0749 e. The summed E-state index contributed by atoms with van der Waals surface area (Å²) < 4.78 is 5.65. The van der Waals surface area contributed by atoms with Crippen LogP contribution in [0.1, 0.15) is 47.0 Å². The molecule has 0 saturated carbocycles. The van der Waals surface area contributed by atoms with Crippen LogP contribution in [0.4, 0.5) is 0 Å². The Labute approximate surface area is 119 Å². The van der Waals surface area contributed by atoms with Crippen LogP contribution < -0.4 is 0 Å². The molecular weight excluding hydrogens is 236 g/mol. The minimum Gasteiger partial charge on any atom is -0.377 e. The summed E-state index contributed by atoms with van der Waals surface area (Å²) in [5.74, 6) is 0.718. The van der Waals surface area contributed by atoms with E-state index in [1.807, 2.05) is 7.11 Å². The van der Waals surface area contributed by atoms with Gasteiger partial charge in [0.05, 0.1) is 5.60 Å². The Balaban J connectivity index is 2.05. The normalized spacial score (nSPS) is 30.6. The first-order valence-electron chi connectivity index (χ1n) is 7.96. The highest BCUT2D eigenvalue weighted by Gasteiger charge is 2.38. The van der Waals surface area contributed by atoms with Crippen molar-refractivity contribution in [2.75, 3.05) is 33.3 Å². The fourth-order valence-corrected chi connectivity index (χ4v) is 3.64. The number of hydrogen-bond acceptors (Lipinski definition) is 3. The van der Waals surface area contributed by atoms with Gasteiger partial charge < -0.3 is 4.74 Å². The summed E-state index contributed by atoms with van der Waals surface area (Å²) in [5, 5.41) is 0. The Morgan fingerprint density at radius 2 is 1.95 bits per heavy atom. The molecule has 0 bridgehead atoms. The highest BCUT2D eigenvalue weighted by molar-refractivity contribution is 4.93. The standard InChI is InChI=1S/C16H32N2O/c1-13(2)15-11-17-9-7-6-8-14(17)10-18(15)12-16(3,4)19-5/h13-15H,6-12H2,1-5H3. The van der Waals surface area contributed by atoms with Crippen molar-refractivity contribution in [1.29, 1.82) is 0 Å². The van der Waals surface area contributed by atoms with Gasteiger partial charge >= 0.3 is 0 Å². The second-order valence-electron chi connectivity index (χ2n) is 7.35. The molecular formula is C16H32N2O. The quantitative estimate of drug-likeness (QED) is 0.779. The van der Waals surface area contributed by atoms with Crippen molar-refractivity contribution in [1.82, 2.24) is 9.80 Å². The number of piperidine rings is 1. The van der Waals surface area contributed by atoms with Crippen molar-refractivity contribution < 1.29 is 4.74 Å². The molecule has 3 nitrogen and oxygen atoms in total. The van der Waals surface area contributed by atoms with Crippen LogP contribution in [0.15, 0.2) is 0 Å². The van der Waals surface area contributed by atoms with E-state index in [-0.39, 0.29) is 5.60 Å². The zero-order valence-corrected chi connectivity index (χ0v) is 13.5. The number of hydrogen-bond donors (Lipinski definition) is 0. The van der Waals surface area contributed by atoms with E-state index in [1.165, 1.54) is 38.9 Å². The van der Waals surface area contributed by atoms with Crippen LogP contribution in [0, 0.1) is 5.92 Å². The summed E-state index contributed by atoms with van der Waals surface area (Å²) in [6, 6.07) is 1.47. The van der Waals surface area contributed by atoms with E-state index < -0.39 is 0 Å². The third kappa shape index (κ3) is 3.71. The molecule has 3 heteroatoms. The third-order valence-electron chi connectivity index (χ3n) is 4.99. The van der Waals surface area contributed by atoms with Gasteiger partial charge in [0.1, 0.15) is 0 Å². The molecule has 2 rings (SSSR count). The molecule has 2 fully saturated rings. The predicted molar refractivity (Wildman–Crippen MR) is 80.5 cm³/mol. The SMILES string of the molecule is COC(C)(C)CN1CC2CCCCN2CC1C(C)C. The molecule has 112 valence electrons. The first-order chi connectivity index (χ1) is 8.93. The zero-order valence-electron chi connectivity index (χ0n) is 13.5. The molecule has 2 atom stereocenters. The first-order valence-corrected chi connectivity index (χ1v) is 7.96. The minimum absolute atomic E-state index is 0.0377. The summed E-state index contributed by atoms with van der Waals surface area (Å²) in [6.07, 6.45) is 4.19. The molecule has 2 aliphatic heterocycles. The van der Waals surface area contributed by atoms with Crippen LogP contribution >= 0.6 is 0 Å². The number of nitrogens with zero attached hydrogens (tertiary/aromatic N) is 2. The number of fused-ring (bicyclic) bond motifs is 1. The van der Waals surface area contributed by atoms with Crippen LogP contribution in [0.25, 0.3) is 0 Å². The topological polar surface area (TPSA) is 15.7 Å². The Kier molecular flexibility index (Phi) is 4.91. The van der Waals surface area contributed by atoms with E-state index in [0.717, 1.165) is 18.5 Å². The molecule has 2 saturated heterocycles. The van der Waals surface area contributed by atoms with Crippen molar-refractivity contribution in [3.63, 3.8) is 0 Å². The highest BCUT2D eigenvalue weighted by atomic mass is 16.5. The van der Waals surface area contributed by atoms with E-state index in [9.17, 15) is 0 Å². The van der Waals surface area contributed by atoms with Crippen LogP contribution in [-0.2, 0) is 4.74 Å². The maximum absolute atomic E-state index is 5.65. The van der Waals surface area contributed by atoms with Crippen molar-refractivity contribution >= 4 is 0 Å². The van der Waals surface area contributed by atoms with Crippen molar-refractivity contribution in [2.24, 2.45) is 5.92 Å². The molecule has 0 aromatic carbocycles. The second-order valence-corrected chi connectivity index (χ2v) is 7.35. The number of methoxy groups -OCH3 is 1. The van der Waals surface area contributed by atoms with E-state index in [4.69, 9.17) is 4.74 Å². The average molecular weight is 268 g/mol. The maximum atomic E-state index is 5.65. The van der Waals surface area contributed by atoms with E-state index in [0.29, 0.717) is 6.04 Å². The number of ether oxygens (including phenoxy) is 1. The largest absolute Gasteiger partial charge is 0.377 e. The molecule has 0 radical (unpaired) electrons. The van der Waals surface area contributed by atoms with Gasteiger partial charge in [0.2, 0.25) is 0 Å². The van der Waals surface area contributed by atoms with Crippen molar-refractivity contribution in [3.05, 3.63) is 0 Å². The molecule has 2 unspecified atom stereocenters. The van der Waals surface area contributed by atoms with Gasteiger partial charge in [-0.2, -0.15) is 0 Å². The molecule has 19 heavy (non-hydrogen) atoms. The Morgan fingerprint density at radius 3 is 2.58 bits per heavy atom. The smallest absolute Gasteiger partial charge is 0.0749 e. The van der Waals surface area contributed by atoms with Crippen molar-refractivity contribution in [2.45, 2.75) is 64.6 Å².